The highest BCUT2D eigenvalue weighted by molar-refractivity contribution is 14.1. The highest BCUT2D eigenvalue weighted by Gasteiger charge is 1.96. The molecule has 1 aromatic heterocycles. The molecule has 0 spiro atoms. The van der Waals surface area contributed by atoms with E-state index >= 15 is 0 Å². The molecular formula is C5H2Cl2IN. The van der Waals surface area contributed by atoms with Crippen molar-refractivity contribution in [3.05, 3.63) is 26.0 Å². The molecule has 0 aliphatic heterocycles. The number of nitrogens with zero attached hydrogens (tertiary/aromatic N) is 1. The molecule has 0 saturated heterocycles. The maximum Gasteiger partial charge on any atom is 0.148 e. The van der Waals surface area contributed by atoms with Crippen LogP contribution in [0, 0.1) is 3.70 Å². The Morgan fingerprint density at radius 2 is 2.00 bits per heavy atom. The van der Waals surface area contributed by atoms with Crippen molar-refractivity contribution in [2.75, 3.05) is 0 Å². The van der Waals surface area contributed by atoms with Gasteiger partial charge in [0.05, 0.1) is 5.02 Å². The van der Waals surface area contributed by atoms with Crippen molar-refractivity contribution < 1.29 is 0 Å². The molecule has 0 amide bonds. The first-order chi connectivity index (χ1) is 4.20. The van der Waals surface area contributed by atoms with Crippen LogP contribution in [0.3, 0.4) is 0 Å². The SMILES string of the molecule is Clc1ccc(I)nc1Cl. The Morgan fingerprint density at radius 3 is 2.44 bits per heavy atom. The van der Waals surface area contributed by atoms with E-state index in [4.69, 9.17) is 23.2 Å². The normalized spacial score (nSPS) is 9.67. The van der Waals surface area contributed by atoms with Crippen LogP contribution in [0.15, 0.2) is 12.1 Å². The maximum absolute atomic E-state index is 5.58. The van der Waals surface area contributed by atoms with E-state index in [9.17, 15) is 0 Å². The first-order valence-electron chi connectivity index (χ1n) is 2.17. The minimum atomic E-state index is 0.364. The van der Waals surface area contributed by atoms with Gasteiger partial charge in [-0.05, 0) is 34.7 Å². The number of aromatic nitrogens is 1. The van der Waals surface area contributed by atoms with Crippen molar-refractivity contribution in [2.24, 2.45) is 0 Å². The first-order valence-corrected chi connectivity index (χ1v) is 4.01. The van der Waals surface area contributed by atoms with Crippen molar-refractivity contribution in [1.82, 2.24) is 4.98 Å². The molecule has 0 saturated carbocycles. The van der Waals surface area contributed by atoms with Crippen molar-refractivity contribution >= 4 is 45.8 Å². The van der Waals surface area contributed by atoms with Crippen LogP contribution < -0.4 is 0 Å². The van der Waals surface area contributed by atoms with E-state index in [0.29, 0.717) is 10.2 Å². The van der Waals surface area contributed by atoms with E-state index in [1.807, 2.05) is 0 Å². The van der Waals surface area contributed by atoms with Crippen LogP contribution in [0.25, 0.3) is 0 Å². The van der Waals surface area contributed by atoms with Crippen LogP contribution in [0.5, 0.6) is 0 Å². The van der Waals surface area contributed by atoms with Crippen molar-refractivity contribution in [1.29, 1.82) is 0 Å². The van der Waals surface area contributed by atoms with Crippen molar-refractivity contribution in [2.45, 2.75) is 0 Å². The number of hydrogen-bond acceptors (Lipinski definition) is 1. The summed E-state index contributed by atoms with van der Waals surface area (Å²) in [5, 5.41) is 0.862. The van der Waals surface area contributed by atoms with E-state index in [2.05, 4.69) is 27.6 Å². The molecule has 0 radical (unpaired) electrons. The van der Waals surface area contributed by atoms with Gasteiger partial charge in [0.2, 0.25) is 0 Å². The molecule has 0 aliphatic rings. The van der Waals surface area contributed by atoms with Gasteiger partial charge in [-0.2, -0.15) is 0 Å². The van der Waals surface area contributed by atoms with Crippen LogP contribution in [0.2, 0.25) is 10.2 Å². The molecule has 0 aliphatic carbocycles. The second-order valence-corrected chi connectivity index (χ2v) is 3.28. The van der Waals surface area contributed by atoms with Gasteiger partial charge in [0, 0.05) is 0 Å². The molecule has 0 bridgehead atoms. The zero-order valence-electron chi connectivity index (χ0n) is 4.24. The van der Waals surface area contributed by atoms with Crippen LogP contribution >= 0.6 is 45.8 Å². The first kappa shape index (κ1) is 7.57. The monoisotopic (exact) mass is 273 g/mol. The summed E-state index contributed by atoms with van der Waals surface area (Å²) in [7, 11) is 0. The summed E-state index contributed by atoms with van der Waals surface area (Å²) in [6.45, 7) is 0. The highest BCUT2D eigenvalue weighted by atomic mass is 127. The van der Waals surface area contributed by atoms with Gasteiger partial charge >= 0.3 is 0 Å². The Bertz CT molecular complexity index is 226. The summed E-state index contributed by atoms with van der Waals surface area (Å²) in [5.41, 5.74) is 0. The Hall–Kier alpha value is 0.460. The number of pyridine rings is 1. The molecule has 48 valence electrons. The van der Waals surface area contributed by atoms with Crippen LogP contribution in [0.4, 0.5) is 0 Å². The van der Waals surface area contributed by atoms with Crippen molar-refractivity contribution in [3.63, 3.8) is 0 Å². The lowest BCUT2D eigenvalue weighted by Gasteiger charge is -1.92. The minimum absolute atomic E-state index is 0.364. The molecule has 0 fully saturated rings. The standard InChI is InChI=1S/C5H2Cl2IN/c6-3-1-2-4(8)9-5(3)7/h1-2H. The summed E-state index contributed by atoms with van der Waals surface area (Å²) in [6, 6.07) is 3.52. The summed E-state index contributed by atoms with van der Waals surface area (Å²) >= 11 is 13.2. The smallest absolute Gasteiger partial charge is 0.148 e. The Labute approximate surface area is 76.5 Å². The summed E-state index contributed by atoms with van der Waals surface area (Å²) < 4.78 is 0.849. The zero-order chi connectivity index (χ0) is 6.85. The number of rotatable bonds is 0. The largest absolute Gasteiger partial charge is 0.229 e. The average Bonchev–Trinajstić information content (AvgIpc) is 1.80. The van der Waals surface area contributed by atoms with Gasteiger partial charge in [0.25, 0.3) is 0 Å². The molecule has 1 aromatic rings. The highest BCUT2D eigenvalue weighted by Crippen LogP contribution is 2.19. The molecule has 0 unspecified atom stereocenters. The third kappa shape index (κ3) is 1.95. The average molecular weight is 274 g/mol. The fourth-order valence-corrected chi connectivity index (χ4v) is 1.22. The second-order valence-electron chi connectivity index (χ2n) is 1.41. The van der Waals surface area contributed by atoms with Gasteiger partial charge in [-0.15, -0.1) is 0 Å². The summed E-state index contributed by atoms with van der Waals surface area (Å²) in [5.74, 6) is 0. The topological polar surface area (TPSA) is 12.9 Å². The molecule has 0 N–H and O–H groups in total. The Balaban J connectivity index is 3.17. The molecule has 4 heteroatoms. The molecule has 0 aromatic carbocycles. The van der Waals surface area contributed by atoms with Crippen LogP contribution in [-0.2, 0) is 0 Å². The van der Waals surface area contributed by atoms with E-state index in [1.54, 1.807) is 12.1 Å². The number of hydrogen-bond donors (Lipinski definition) is 0. The lowest BCUT2D eigenvalue weighted by Crippen LogP contribution is -1.79. The fourth-order valence-electron chi connectivity index (χ4n) is 0.395. The van der Waals surface area contributed by atoms with E-state index < -0.39 is 0 Å². The third-order valence-electron chi connectivity index (χ3n) is 0.769. The molecule has 0 atom stereocenters. The maximum atomic E-state index is 5.58. The molecule has 1 heterocycles. The number of halogens is 3. The van der Waals surface area contributed by atoms with Gasteiger partial charge in [-0.1, -0.05) is 23.2 Å². The van der Waals surface area contributed by atoms with Gasteiger partial charge in [-0.25, -0.2) is 4.98 Å². The zero-order valence-corrected chi connectivity index (χ0v) is 7.91. The molecule has 1 nitrogen and oxygen atoms in total. The Morgan fingerprint density at radius 1 is 1.33 bits per heavy atom. The van der Waals surface area contributed by atoms with Crippen LogP contribution in [-0.4, -0.2) is 4.98 Å². The predicted molar refractivity (Wildman–Crippen MR) is 47.0 cm³/mol. The van der Waals surface area contributed by atoms with Gasteiger partial charge in [0.15, 0.2) is 0 Å². The van der Waals surface area contributed by atoms with E-state index in [1.165, 1.54) is 0 Å². The lowest BCUT2D eigenvalue weighted by molar-refractivity contribution is 1.27. The quantitative estimate of drug-likeness (QED) is 0.523. The second kappa shape index (κ2) is 3.03. The molecule has 1 rings (SSSR count). The van der Waals surface area contributed by atoms with Crippen molar-refractivity contribution in [3.8, 4) is 0 Å². The summed E-state index contributed by atoms with van der Waals surface area (Å²) in [4.78, 5) is 3.89. The minimum Gasteiger partial charge on any atom is -0.229 e. The van der Waals surface area contributed by atoms with E-state index in [0.717, 1.165) is 3.70 Å². The third-order valence-corrected chi connectivity index (χ3v) is 2.06. The van der Waals surface area contributed by atoms with Gasteiger partial charge in [-0.3, -0.25) is 0 Å². The lowest BCUT2D eigenvalue weighted by atomic mass is 10.5. The van der Waals surface area contributed by atoms with E-state index in [-0.39, 0.29) is 0 Å². The summed E-state index contributed by atoms with van der Waals surface area (Å²) in [6.07, 6.45) is 0. The molecular weight excluding hydrogens is 272 g/mol. The van der Waals surface area contributed by atoms with Gasteiger partial charge < -0.3 is 0 Å². The molecule has 9 heavy (non-hydrogen) atoms. The fraction of sp³-hybridized carbons (Fsp3) is 0. The Kier molecular flexibility index (Phi) is 2.55. The predicted octanol–water partition coefficient (Wildman–Crippen LogP) is 2.99. The van der Waals surface area contributed by atoms with Crippen LogP contribution in [0.1, 0.15) is 0 Å². The van der Waals surface area contributed by atoms with Gasteiger partial charge in [0.1, 0.15) is 8.85 Å².